The summed E-state index contributed by atoms with van der Waals surface area (Å²) in [6, 6.07) is -1.71. The zero-order valence-electron chi connectivity index (χ0n) is 8.18. The maximum atomic E-state index is 10.9. The van der Waals surface area contributed by atoms with Gasteiger partial charge < -0.3 is 25.3 Å². The molecule has 9 nitrogen and oxygen atoms in total. The first-order valence-corrected chi connectivity index (χ1v) is 5.70. The number of carboxylic acids is 2. The van der Waals surface area contributed by atoms with Crippen molar-refractivity contribution in [2.24, 2.45) is 0 Å². The second-order valence-electron chi connectivity index (χ2n) is 2.88. The molecule has 0 saturated heterocycles. The van der Waals surface area contributed by atoms with E-state index in [1.807, 2.05) is 0 Å². The van der Waals surface area contributed by atoms with Gasteiger partial charge in [-0.2, -0.15) is 0 Å². The molecule has 1 amide bonds. The van der Waals surface area contributed by atoms with Crippen LogP contribution in [-0.4, -0.2) is 50.0 Å². The van der Waals surface area contributed by atoms with Crippen molar-refractivity contribution in [1.29, 1.82) is 0 Å². The summed E-state index contributed by atoms with van der Waals surface area (Å²) in [4.78, 5) is 48.4. The Hall–Kier alpha value is -0.752. The fourth-order valence-corrected chi connectivity index (χ4v) is 1.27. The first-order valence-electron chi connectivity index (χ1n) is 3.90. The predicted octanol–water partition coefficient (Wildman–Crippen LogP) is -1.79. The van der Waals surface area contributed by atoms with Crippen LogP contribution in [0.2, 0.25) is 0 Å². The van der Waals surface area contributed by atoms with Crippen molar-refractivity contribution in [3.8, 4) is 0 Å². The molecule has 11 heteroatoms. The molecule has 0 spiro atoms. The average molecular weight is 450 g/mol. The third-order valence-electron chi connectivity index (χ3n) is 1.36. The third kappa shape index (κ3) is 10.1. The minimum Gasteiger partial charge on any atom is -0.481 e. The van der Waals surface area contributed by atoms with Gasteiger partial charge in [-0.1, -0.05) is 0 Å². The Labute approximate surface area is 110 Å². The first kappa shape index (κ1) is 18.6. The van der Waals surface area contributed by atoms with Crippen LogP contribution >= 0.6 is 7.60 Å². The largest absolute Gasteiger partial charge is 0.481 e. The van der Waals surface area contributed by atoms with Crippen LogP contribution in [0, 0.1) is 0 Å². The van der Waals surface area contributed by atoms with Crippen LogP contribution in [0.25, 0.3) is 0 Å². The maximum Gasteiger partial charge on any atom is 0.334 e. The molecule has 0 aliphatic rings. The zero-order chi connectivity index (χ0) is 12.9. The van der Waals surface area contributed by atoms with E-state index in [0.717, 1.165) is 0 Å². The van der Waals surface area contributed by atoms with Gasteiger partial charge in [-0.15, -0.1) is 0 Å². The van der Waals surface area contributed by atoms with Gasteiger partial charge in [-0.25, -0.2) is 4.79 Å². The van der Waals surface area contributed by atoms with Gasteiger partial charge in [0.05, 0.1) is 6.42 Å². The molecule has 0 fully saturated rings. The summed E-state index contributed by atoms with van der Waals surface area (Å²) < 4.78 is 10.4. The summed E-state index contributed by atoms with van der Waals surface area (Å²) in [7, 11) is -4.59. The van der Waals surface area contributed by atoms with Gasteiger partial charge in [0.2, 0.25) is 5.91 Å². The maximum absolute atomic E-state index is 10.9. The number of carbonyl (C=O) groups excluding carboxylic acids is 1. The molecule has 0 aromatic carbocycles. The first-order chi connectivity index (χ1) is 7.11. The Morgan fingerprint density at radius 2 is 1.65 bits per heavy atom. The molecule has 17 heavy (non-hydrogen) atoms. The summed E-state index contributed by atoms with van der Waals surface area (Å²) in [6.45, 7) is 0. The monoisotopic (exact) mass is 450 g/mol. The fourth-order valence-electron chi connectivity index (χ4n) is 0.802. The minimum absolute atomic E-state index is 0. The van der Waals surface area contributed by atoms with Crippen molar-refractivity contribution in [1.82, 2.24) is 5.32 Å². The zero-order valence-corrected chi connectivity index (χ0v) is 11.3. The Bertz CT molecular complexity index is 352. The van der Waals surface area contributed by atoms with Crippen molar-refractivity contribution < 1.29 is 60.0 Å². The third-order valence-corrected chi connectivity index (χ3v) is 2.06. The van der Waals surface area contributed by atoms with Crippen LogP contribution < -0.4 is 5.32 Å². The molecular formula is C6H10NO8PPt. The molecule has 0 bridgehead atoms. The second kappa shape index (κ2) is 7.55. The van der Waals surface area contributed by atoms with E-state index in [0.29, 0.717) is 0 Å². The summed E-state index contributed by atoms with van der Waals surface area (Å²) in [5, 5.41) is 18.5. The van der Waals surface area contributed by atoms with Crippen LogP contribution in [0.3, 0.4) is 0 Å². The van der Waals surface area contributed by atoms with Crippen LogP contribution in [0.15, 0.2) is 0 Å². The van der Waals surface area contributed by atoms with Gasteiger partial charge in [0, 0.05) is 21.1 Å². The Morgan fingerprint density at radius 3 is 1.94 bits per heavy atom. The molecule has 0 aromatic rings. The quantitative estimate of drug-likeness (QED) is 0.297. The van der Waals surface area contributed by atoms with Crippen molar-refractivity contribution in [2.45, 2.75) is 12.5 Å². The SMILES string of the molecule is O=C(O)CC(NC(=O)CP(=O)(O)O)C(=O)O.[Pt]. The number of hydrogen-bond donors (Lipinski definition) is 5. The molecule has 5 N–H and O–H groups in total. The molecule has 0 radical (unpaired) electrons. The van der Waals surface area contributed by atoms with E-state index in [9.17, 15) is 18.9 Å². The van der Waals surface area contributed by atoms with Crippen molar-refractivity contribution in [2.75, 3.05) is 6.16 Å². The Morgan fingerprint density at radius 1 is 1.18 bits per heavy atom. The molecule has 0 heterocycles. The van der Waals surface area contributed by atoms with E-state index in [4.69, 9.17) is 20.0 Å². The van der Waals surface area contributed by atoms with Crippen LogP contribution in [0.1, 0.15) is 6.42 Å². The van der Waals surface area contributed by atoms with Crippen molar-refractivity contribution >= 4 is 25.4 Å². The number of rotatable bonds is 6. The van der Waals surface area contributed by atoms with Gasteiger partial charge in [-0.05, 0) is 0 Å². The van der Waals surface area contributed by atoms with E-state index in [-0.39, 0.29) is 21.1 Å². The summed E-state index contributed by atoms with van der Waals surface area (Å²) in [5.74, 6) is -4.27. The number of carboxylic acid groups (broad SMARTS) is 2. The van der Waals surface area contributed by atoms with Crippen LogP contribution in [0.4, 0.5) is 0 Å². The van der Waals surface area contributed by atoms with E-state index < -0.39 is 44.1 Å². The molecule has 1 atom stereocenters. The van der Waals surface area contributed by atoms with Gasteiger partial charge in [0.25, 0.3) is 0 Å². The molecule has 1 unspecified atom stereocenters. The Kier molecular flexibility index (Phi) is 8.27. The standard InChI is InChI=1S/C6H10NO8P.Pt/c8-4(2-16(13,14)15)7-3(6(11)12)1-5(9)10;/h3H,1-2H2,(H,7,8)(H,9,10)(H,11,12)(H2,13,14,15);. The van der Waals surface area contributed by atoms with Crippen molar-refractivity contribution in [3.63, 3.8) is 0 Å². The van der Waals surface area contributed by atoms with Crippen LogP contribution in [0.5, 0.6) is 0 Å². The Balaban J connectivity index is 0. The van der Waals surface area contributed by atoms with E-state index in [1.165, 1.54) is 0 Å². The topological polar surface area (TPSA) is 161 Å². The number of carbonyl (C=O) groups is 3. The van der Waals surface area contributed by atoms with Gasteiger partial charge in [0.15, 0.2) is 0 Å². The average Bonchev–Trinajstić information content (AvgIpc) is 1.97. The molecule has 0 aliphatic heterocycles. The van der Waals surface area contributed by atoms with Gasteiger partial charge in [-0.3, -0.25) is 14.2 Å². The van der Waals surface area contributed by atoms with Crippen molar-refractivity contribution in [3.05, 3.63) is 0 Å². The number of aliphatic carboxylic acids is 2. The van der Waals surface area contributed by atoms with E-state index >= 15 is 0 Å². The molecular weight excluding hydrogens is 440 g/mol. The van der Waals surface area contributed by atoms with Crippen LogP contribution in [-0.2, 0) is 40.0 Å². The number of hydrogen-bond acceptors (Lipinski definition) is 4. The van der Waals surface area contributed by atoms with Gasteiger partial charge in [0.1, 0.15) is 12.2 Å². The minimum atomic E-state index is -4.59. The number of amides is 1. The molecule has 0 saturated carbocycles. The normalized spacial score (nSPS) is 12.1. The summed E-state index contributed by atoms with van der Waals surface area (Å²) in [5.41, 5.74) is 0. The number of nitrogens with one attached hydrogen (secondary N) is 1. The smallest absolute Gasteiger partial charge is 0.334 e. The van der Waals surface area contributed by atoms with Gasteiger partial charge >= 0.3 is 19.5 Å². The second-order valence-corrected chi connectivity index (χ2v) is 4.52. The molecule has 102 valence electrons. The summed E-state index contributed by atoms with van der Waals surface area (Å²) >= 11 is 0. The fraction of sp³-hybridized carbons (Fsp3) is 0.500. The molecule has 0 rings (SSSR count). The van der Waals surface area contributed by atoms with E-state index in [1.54, 1.807) is 5.32 Å². The molecule has 0 aromatic heterocycles. The van der Waals surface area contributed by atoms with E-state index in [2.05, 4.69) is 0 Å². The summed E-state index contributed by atoms with van der Waals surface area (Å²) in [6.07, 6.45) is -2.06. The molecule has 0 aliphatic carbocycles. The predicted molar refractivity (Wildman–Crippen MR) is 48.7 cm³/mol.